The zero-order valence-corrected chi connectivity index (χ0v) is 18.2. The number of hydrogen-bond acceptors (Lipinski definition) is 0. The van der Waals surface area contributed by atoms with Crippen LogP contribution in [0.25, 0.3) is 0 Å². The van der Waals surface area contributed by atoms with Crippen LogP contribution in [0, 0.1) is 0 Å². The van der Waals surface area contributed by atoms with Crippen molar-refractivity contribution in [2.45, 2.75) is 118 Å². The average Bonchev–Trinajstić information content (AvgIpc) is 2.56. The molecular formula is C22H49P. The van der Waals surface area contributed by atoms with Crippen molar-refractivity contribution >= 4 is 7.26 Å². The second-order valence-electron chi connectivity index (χ2n) is 8.04. The zero-order chi connectivity index (χ0) is 17.2. The van der Waals surface area contributed by atoms with E-state index in [1.807, 2.05) is 0 Å². The van der Waals surface area contributed by atoms with Gasteiger partial charge in [0, 0.05) is 0 Å². The molecule has 0 bridgehead atoms. The summed E-state index contributed by atoms with van der Waals surface area (Å²) in [5.74, 6) is 0. The van der Waals surface area contributed by atoms with Gasteiger partial charge >= 0.3 is 149 Å². The van der Waals surface area contributed by atoms with Gasteiger partial charge in [0.05, 0.1) is 0 Å². The molecule has 1 heteroatoms. The molecule has 0 N–H and O–H groups in total. The van der Waals surface area contributed by atoms with E-state index in [2.05, 4.69) is 27.7 Å². The molecule has 0 rings (SSSR count). The molecule has 0 heterocycles. The van der Waals surface area contributed by atoms with Crippen molar-refractivity contribution in [3.05, 3.63) is 0 Å². The Bertz CT molecular complexity index is 216. The molecule has 23 heavy (non-hydrogen) atoms. The van der Waals surface area contributed by atoms with E-state index in [0.717, 1.165) is 0 Å². The van der Waals surface area contributed by atoms with Crippen LogP contribution in [-0.2, 0) is 0 Å². The molecule has 0 spiro atoms. The Labute approximate surface area is 149 Å². The van der Waals surface area contributed by atoms with Gasteiger partial charge < -0.3 is 0 Å². The van der Waals surface area contributed by atoms with Crippen molar-refractivity contribution in [1.82, 2.24) is 0 Å². The molecule has 0 fully saturated rings. The third-order valence-electron chi connectivity index (χ3n) is 5.71. The van der Waals surface area contributed by atoms with Gasteiger partial charge in [-0.3, -0.25) is 0 Å². The first-order valence-electron chi connectivity index (χ1n) is 11.2. The first-order chi connectivity index (χ1) is 11.2. The molecule has 0 saturated carbocycles. The second kappa shape index (κ2) is 17.3. The molecule has 0 nitrogen and oxygen atoms in total. The van der Waals surface area contributed by atoms with Gasteiger partial charge in [0.2, 0.25) is 0 Å². The van der Waals surface area contributed by atoms with E-state index in [1.165, 1.54) is 83.5 Å². The predicted octanol–water partition coefficient (Wildman–Crippen LogP) is 8.28. The number of hydrogen-bond donors (Lipinski definition) is 0. The molecule has 0 aliphatic rings. The summed E-state index contributed by atoms with van der Waals surface area (Å²) in [7, 11) is -0.924. The van der Waals surface area contributed by atoms with Gasteiger partial charge in [-0.2, -0.15) is 0 Å². The fourth-order valence-electron chi connectivity index (χ4n) is 4.19. The molecular weight excluding hydrogens is 295 g/mol. The second-order valence-corrected chi connectivity index (χ2v) is 13.0. The minimum absolute atomic E-state index is 0.924. The average molecular weight is 345 g/mol. The van der Waals surface area contributed by atoms with Crippen LogP contribution in [0.3, 0.4) is 0 Å². The van der Waals surface area contributed by atoms with E-state index in [1.54, 1.807) is 31.1 Å². The van der Waals surface area contributed by atoms with Crippen LogP contribution in [-0.4, -0.2) is 24.6 Å². The molecule has 0 atom stereocenters. The Hall–Kier alpha value is 0.430. The maximum absolute atomic E-state index is 2.43. The molecule has 0 aromatic carbocycles. The summed E-state index contributed by atoms with van der Waals surface area (Å²) in [6.45, 7) is 9.49. The fourth-order valence-corrected chi connectivity index (χ4v) is 9.96. The molecule has 0 amide bonds. The molecule has 0 aromatic rings. The Balaban J connectivity index is 3.96. The predicted molar refractivity (Wildman–Crippen MR) is 115 cm³/mol. The van der Waals surface area contributed by atoms with E-state index in [4.69, 9.17) is 0 Å². The quantitative estimate of drug-likeness (QED) is 0.173. The summed E-state index contributed by atoms with van der Waals surface area (Å²) in [6, 6.07) is 0. The Morgan fingerprint density at radius 2 is 0.739 bits per heavy atom. The van der Waals surface area contributed by atoms with Gasteiger partial charge in [-0.25, -0.2) is 0 Å². The zero-order valence-electron chi connectivity index (χ0n) is 17.2. The monoisotopic (exact) mass is 344 g/mol. The van der Waals surface area contributed by atoms with Crippen LogP contribution in [0.4, 0.5) is 0 Å². The molecule has 0 aliphatic carbocycles. The molecule has 0 aliphatic heterocycles. The SMILES string of the molecule is CCCCCCCCCCC[PH](CCC)(CCCC)CCCC. The topological polar surface area (TPSA) is 0 Å². The Kier molecular flexibility index (Phi) is 17.6. The van der Waals surface area contributed by atoms with E-state index >= 15 is 0 Å². The van der Waals surface area contributed by atoms with Crippen molar-refractivity contribution in [3.8, 4) is 0 Å². The van der Waals surface area contributed by atoms with Gasteiger partial charge in [0.25, 0.3) is 0 Å². The summed E-state index contributed by atoms with van der Waals surface area (Å²) in [5, 5.41) is 0. The van der Waals surface area contributed by atoms with Gasteiger partial charge in [0.1, 0.15) is 0 Å². The van der Waals surface area contributed by atoms with Crippen molar-refractivity contribution in [2.24, 2.45) is 0 Å². The van der Waals surface area contributed by atoms with Crippen molar-refractivity contribution < 1.29 is 0 Å². The molecule has 0 unspecified atom stereocenters. The van der Waals surface area contributed by atoms with Gasteiger partial charge in [-0.1, -0.05) is 0 Å². The van der Waals surface area contributed by atoms with E-state index in [9.17, 15) is 0 Å². The van der Waals surface area contributed by atoms with Crippen LogP contribution in [0.1, 0.15) is 118 Å². The van der Waals surface area contributed by atoms with Crippen molar-refractivity contribution in [1.29, 1.82) is 0 Å². The molecule has 142 valence electrons. The van der Waals surface area contributed by atoms with Crippen molar-refractivity contribution in [3.63, 3.8) is 0 Å². The summed E-state index contributed by atoms with van der Waals surface area (Å²) in [4.78, 5) is 0. The van der Waals surface area contributed by atoms with Crippen LogP contribution in [0.2, 0.25) is 0 Å². The summed E-state index contributed by atoms with van der Waals surface area (Å²) >= 11 is 0. The van der Waals surface area contributed by atoms with Crippen LogP contribution < -0.4 is 0 Å². The third kappa shape index (κ3) is 13.4. The number of unbranched alkanes of at least 4 members (excludes halogenated alkanes) is 10. The Morgan fingerprint density at radius 1 is 0.348 bits per heavy atom. The normalized spacial score (nSPS) is 12.7. The third-order valence-corrected chi connectivity index (χ3v) is 11.5. The van der Waals surface area contributed by atoms with Gasteiger partial charge in [0.15, 0.2) is 0 Å². The first-order valence-corrected chi connectivity index (χ1v) is 14.1. The summed E-state index contributed by atoms with van der Waals surface area (Å²) < 4.78 is 0. The fraction of sp³-hybridized carbons (Fsp3) is 1.00. The van der Waals surface area contributed by atoms with E-state index < -0.39 is 7.26 Å². The van der Waals surface area contributed by atoms with Gasteiger partial charge in [-0.05, 0) is 0 Å². The van der Waals surface area contributed by atoms with Gasteiger partial charge in [-0.15, -0.1) is 0 Å². The van der Waals surface area contributed by atoms with Crippen molar-refractivity contribution in [2.75, 3.05) is 24.6 Å². The van der Waals surface area contributed by atoms with Crippen LogP contribution in [0.5, 0.6) is 0 Å². The van der Waals surface area contributed by atoms with Crippen LogP contribution in [0.15, 0.2) is 0 Å². The standard InChI is InChI=1S/C22H49P/c1-5-9-12-13-14-15-16-17-18-22-23(19-8-4,20-10-6-2)21-11-7-3/h23H,5-22H2,1-4H3. The van der Waals surface area contributed by atoms with E-state index in [0.29, 0.717) is 0 Å². The first kappa shape index (κ1) is 23.4. The van der Waals surface area contributed by atoms with E-state index in [-0.39, 0.29) is 0 Å². The number of rotatable bonds is 18. The minimum atomic E-state index is -0.924. The Morgan fingerprint density at radius 3 is 1.17 bits per heavy atom. The molecule has 0 aromatic heterocycles. The summed E-state index contributed by atoms with van der Waals surface area (Å²) in [6.07, 6.45) is 27.1. The molecule has 0 radical (unpaired) electrons. The maximum atomic E-state index is 2.43. The van der Waals surface area contributed by atoms with Crippen LogP contribution >= 0.6 is 7.26 Å². The molecule has 0 saturated heterocycles. The summed E-state index contributed by atoms with van der Waals surface area (Å²) in [5.41, 5.74) is 0.